The SMILES string of the molecule is C.C.C.CC(C)c1ccccc1.CC(C)c1ccccn1.CC(C)c1cccnc1. The van der Waals surface area contributed by atoms with Crippen molar-refractivity contribution in [3.8, 4) is 0 Å². The maximum absolute atomic E-state index is 4.18. The van der Waals surface area contributed by atoms with Gasteiger partial charge in [0.05, 0.1) is 0 Å². The third-order valence-electron chi connectivity index (χ3n) is 4.10. The second-order valence-electron chi connectivity index (χ2n) is 7.42. The van der Waals surface area contributed by atoms with Gasteiger partial charge in [0, 0.05) is 24.3 Å². The molecule has 0 N–H and O–H groups in total. The molecule has 0 bridgehead atoms. The first-order valence-corrected chi connectivity index (χ1v) is 9.77. The predicted molar refractivity (Wildman–Crippen MR) is 137 cm³/mol. The van der Waals surface area contributed by atoms with Crippen molar-refractivity contribution in [1.29, 1.82) is 0 Å². The molecule has 0 fully saturated rings. The van der Waals surface area contributed by atoms with Crippen molar-refractivity contribution in [3.63, 3.8) is 0 Å². The van der Waals surface area contributed by atoms with Gasteiger partial charge in [-0.3, -0.25) is 9.97 Å². The molecule has 2 heterocycles. The fraction of sp³-hybridized carbons (Fsp3) is 0.429. The Bertz CT molecular complexity index is 602. The van der Waals surface area contributed by atoms with Crippen molar-refractivity contribution in [2.45, 2.75) is 81.6 Å². The van der Waals surface area contributed by atoms with Crippen molar-refractivity contribution in [1.82, 2.24) is 9.97 Å². The fourth-order valence-electron chi connectivity index (χ4n) is 2.27. The zero-order chi connectivity index (χ0) is 20.1. The van der Waals surface area contributed by atoms with Crippen molar-refractivity contribution in [2.75, 3.05) is 0 Å². The molecule has 0 saturated heterocycles. The second kappa shape index (κ2) is 18.5. The van der Waals surface area contributed by atoms with Crippen molar-refractivity contribution < 1.29 is 0 Å². The van der Waals surface area contributed by atoms with Crippen LogP contribution in [-0.4, -0.2) is 9.97 Å². The van der Waals surface area contributed by atoms with Crippen LogP contribution in [0.25, 0.3) is 0 Å². The van der Waals surface area contributed by atoms with Crippen LogP contribution in [0.15, 0.2) is 79.3 Å². The number of rotatable bonds is 3. The molecular formula is C28H46N2. The van der Waals surface area contributed by atoms with Crippen molar-refractivity contribution in [2.24, 2.45) is 0 Å². The molecule has 2 aromatic heterocycles. The molecule has 0 aliphatic heterocycles. The molecule has 2 nitrogen and oxygen atoms in total. The molecule has 2 heteroatoms. The topological polar surface area (TPSA) is 25.8 Å². The molecule has 0 amide bonds. The van der Waals surface area contributed by atoms with E-state index in [1.54, 1.807) is 6.20 Å². The number of nitrogens with zero attached hydrogens (tertiary/aromatic N) is 2. The van der Waals surface area contributed by atoms with Gasteiger partial charge in [0.2, 0.25) is 0 Å². The first-order valence-electron chi connectivity index (χ1n) is 9.77. The van der Waals surface area contributed by atoms with Crippen LogP contribution < -0.4 is 0 Å². The largest absolute Gasteiger partial charge is 0.264 e. The lowest BCUT2D eigenvalue weighted by Crippen LogP contribution is -1.88. The molecule has 0 radical (unpaired) electrons. The summed E-state index contributed by atoms with van der Waals surface area (Å²) in [5.74, 6) is 1.80. The van der Waals surface area contributed by atoms with Crippen LogP contribution >= 0.6 is 0 Å². The molecule has 0 aliphatic carbocycles. The first-order chi connectivity index (χ1) is 12.9. The summed E-state index contributed by atoms with van der Waals surface area (Å²) in [5, 5.41) is 0. The van der Waals surface area contributed by atoms with Gasteiger partial charge in [-0.2, -0.15) is 0 Å². The average Bonchev–Trinajstić information content (AvgIpc) is 2.71. The van der Waals surface area contributed by atoms with Crippen LogP contribution in [0.2, 0.25) is 0 Å². The molecule has 0 unspecified atom stereocenters. The number of hydrogen-bond acceptors (Lipinski definition) is 2. The lowest BCUT2D eigenvalue weighted by molar-refractivity contribution is 0.823. The van der Waals surface area contributed by atoms with Crippen LogP contribution in [0.5, 0.6) is 0 Å². The number of aromatic nitrogens is 2. The quantitative estimate of drug-likeness (QED) is 0.430. The average molecular weight is 411 g/mol. The van der Waals surface area contributed by atoms with Gasteiger partial charge in [0.1, 0.15) is 0 Å². The molecule has 1 aromatic carbocycles. The second-order valence-corrected chi connectivity index (χ2v) is 7.42. The summed E-state index contributed by atoms with van der Waals surface area (Å²) in [6, 6.07) is 20.6. The fourth-order valence-corrected chi connectivity index (χ4v) is 2.27. The van der Waals surface area contributed by atoms with E-state index in [0.717, 1.165) is 5.69 Å². The summed E-state index contributed by atoms with van der Waals surface area (Å²) in [5.41, 5.74) is 3.88. The monoisotopic (exact) mass is 410 g/mol. The van der Waals surface area contributed by atoms with E-state index in [1.807, 2.05) is 42.7 Å². The van der Waals surface area contributed by atoms with E-state index in [2.05, 4.69) is 81.8 Å². The van der Waals surface area contributed by atoms with Crippen molar-refractivity contribution >= 4 is 0 Å². The normalized spacial score (nSPS) is 9.10. The van der Waals surface area contributed by atoms with Crippen LogP contribution in [0.3, 0.4) is 0 Å². The maximum atomic E-state index is 4.18. The van der Waals surface area contributed by atoms with Gasteiger partial charge in [0.15, 0.2) is 0 Å². The Labute approximate surface area is 187 Å². The lowest BCUT2D eigenvalue weighted by Gasteiger charge is -2.01. The van der Waals surface area contributed by atoms with Gasteiger partial charge in [-0.1, -0.05) is 106 Å². The number of benzene rings is 1. The standard InChI is InChI=1S/C9H12.2C8H11N.3CH4/c1-8(2)9-6-4-3-5-7-9;1-7(2)8-4-3-5-9-6-8;1-7(2)8-5-3-4-6-9-8;;;/h3-8H,1-2H3;2*3-7H,1-2H3;3*1H4. The highest BCUT2D eigenvalue weighted by Gasteiger charge is 1.96. The number of hydrogen-bond donors (Lipinski definition) is 0. The number of pyridine rings is 2. The highest BCUT2D eigenvalue weighted by Crippen LogP contribution is 2.12. The van der Waals surface area contributed by atoms with E-state index in [9.17, 15) is 0 Å². The molecule has 3 aromatic rings. The van der Waals surface area contributed by atoms with Gasteiger partial charge >= 0.3 is 0 Å². The summed E-state index contributed by atoms with van der Waals surface area (Å²) < 4.78 is 0. The smallest absolute Gasteiger partial charge is 0.0428 e. The Hall–Kier alpha value is -2.48. The molecule has 0 aliphatic rings. The summed E-state index contributed by atoms with van der Waals surface area (Å²) >= 11 is 0. The minimum Gasteiger partial charge on any atom is -0.264 e. The van der Waals surface area contributed by atoms with E-state index < -0.39 is 0 Å². The Morgan fingerprint density at radius 3 is 1.37 bits per heavy atom. The molecule has 30 heavy (non-hydrogen) atoms. The molecule has 168 valence electrons. The summed E-state index contributed by atoms with van der Waals surface area (Å²) in [4.78, 5) is 8.18. The predicted octanol–water partition coefficient (Wildman–Crippen LogP) is 9.13. The van der Waals surface area contributed by atoms with Crippen LogP contribution in [0, 0.1) is 0 Å². The molecule has 3 rings (SSSR count). The summed E-state index contributed by atoms with van der Waals surface area (Å²) in [7, 11) is 0. The van der Waals surface area contributed by atoms with Crippen LogP contribution in [0.1, 0.15) is 98.4 Å². The Balaban J connectivity index is -0.000000347. The minimum atomic E-state index is 0. The van der Waals surface area contributed by atoms with E-state index in [4.69, 9.17) is 0 Å². The van der Waals surface area contributed by atoms with Gasteiger partial charge in [0.25, 0.3) is 0 Å². The van der Waals surface area contributed by atoms with Gasteiger partial charge in [-0.05, 0) is 47.1 Å². The van der Waals surface area contributed by atoms with Crippen LogP contribution in [-0.2, 0) is 0 Å². The Kier molecular flexibility index (Phi) is 19.9. The third-order valence-corrected chi connectivity index (χ3v) is 4.10. The van der Waals surface area contributed by atoms with Gasteiger partial charge < -0.3 is 0 Å². The van der Waals surface area contributed by atoms with Crippen LogP contribution in [0.4, 0.5) is 0 Å². The van der Waals surface area contributed by atoms with Gasteiger partial charge in [-0.25, -0.2) is 0 Å². The lowest BCUT2D eigenvalue weighted by atomic mass is 10.0. The van der Waals surface area contributed by atoms with E-state index in [-0.39, 0.29) is 22.3 Å². The van der Waals surface area contributed by atoms with E-state index >= 15 is 0 Å². The summed E-state index contributed by atoms with van der Waals surface area (Å²) in [6.07, 6.45) is 5.53. The molecule has 0 atom stereocenters. The molecule has 0 saturated carbocycles. The van der Waals surface area contributed by atoms with Crippen molar-refractivity contribution in [3.05, 3.63) is 96.1 Å². The van der Waals surface area contributed by atoms with Gasteiger partial charge in [-0.15, -0.1) is 0 Å². The Morgan fingerprint density at radius 1 is 0.533 bits per heavy atom. The maximum Gasteiger partial charge on any atom is 0.0428 e. The molecule has 0 spiro atoms. The van der Waals surface area contributed by atoms with E-state index in [1.165, 1.54) is 11.1 Å². The highest BCUT2D eigenvalue weighted by molar-refractivity contribution is 5.17. The zero-order valence-corrected chi connectivity index (χ0v) is 17.6. The highest BCUT2D eigenvalue weighted by atomic mass is 14.7. The minimum absolute atomic E-state index is 0. The molecular weight excluding hydrogens is 364 g/mol. The zero-order valence-electron chi connectivity index (χ0n) is 17.6. The Morgan fingerprint density at radius 2 is 1.07 bits per heavy atom. The third kappa shape index (κ3) is 13.7. The summed E-state index contributed by atoms with van der Waals surface area (Å²) in [6.45, 7) is 13.0. The first kappa shape index (κ1) is 32.2. The van der Waals surface area contributed by atoms with E-state index in [0.29, 0.717) is 17.8 Å².